The fraction of sp³-hybridized carbons (Fsp3) is 0.615. The summed E-state index contributed by atoms with van der Waals surface area (Å²) in [4.78, 5) is 15.4. The predicted molar refractivity (Wildman–Crippen MR) is 71.5 cm³/mol. The van der Waals surface area contributed by atoms with Crippen LogP contribution < -0.4 is 5.32 Å². The number of hydrogen-bond acceptors (Lipinski definition) is 2. The van der Waals surface area contributed by atoms with Gasteiger partial charge < -0.3 is 10.2 Å². The van der Waals surface area contributed by atoms with E-state index < -0.39 is 0 Å². The van der Waals surface area contributed by atoms with E-state index in [0.717, 1.165) is 32.4 Å². The molecular weight excluding hydrogens is 232 g/mol. The molecule has 0 bridgehead atoms. The van der Waals surface area contributed by atoms with Crippen molar-refractivity contribution in [3.05, 3.63) is 21.9 Å². The van der Waals surface area contributed by atoms with Crippen molar-refractivity contribution in [2.45, 2.75) is 39.2 Å². The Kier molecular flexibility index (Phi) is 4.05. The number of unbranched alkanes of at least 4 members (excludes halogenated alkanes) is 1. The smallest absolute Gasteiger partial charge is 0.317 e. The average molecular weight is 252 g/mol. The number of amides is 2. The Balaban J connectivity index is 1.97. The van der Waals surface area contributed by atoms with Gasteiger partial charge in [-0.2, -0.15) is 0 Å². The maximum Gasteiger partial charge on any atom is 0.317 e. The number of nitrogens with one attached hydrogen (secondary N) is 1. The van der Waals surface area contributed by atoms with E-state index in [0.29, 0.717) is 0 Å². The molecule has 1 aromatic rings. The molecule has 1 aliphatic heterocycles. The van der Waals surface area contributed by atoms with Gasteiger partial charge in [-0.25, -0.2) is 4.79 Å². The third-order valence-corrected chi connectivity index (χ3v) is 4.34. The molecule has 0 saturated carbocycles. The van der Waals surface area contributed by atoms with Gasteiger partial charge in [0.25, 0.3) is 0 Å². The molecule has 2 rings (SSSR count). The standard InChI is InChI=1S/C13H20N2OS/c1-3-4-7-14-13(16)15-8-5-12-11(10(15)2)6-9-17-12/h6,9-10H,3-5,7-8H2,1-2H3,(H,14,16). The summed E-state index contributed by atoms with van der Waals surface area (Å²) in [5, 5.41) is 5.12. The number of nitrogens with zero attached hydrogens (tertiary/aromatic N) is 1. The SMILES string of the molecule is CCCCNC(=O)N1CCc2sccc2C1C. The van der Waals surface area contributed by atoms with Crippen LogP contribution in [0.5, 0.6) is 0 Å². The molecular formula is C13H20N2OS. The maximum absolute atomic E-state index is 12.0. The van der Waals surface area contributed by atoms with E-state index in [1.54, 1.807) is 11.3 Å². The van der Waals surface area contributed by atoms with Crippen LogP contribution in [0.15, 0.2) is 11.4 Å². The third kappa shape index (κ3) is 2.63. The van der Waals surface area contributed by atoms with Crippen LogP contribution in [0.25, 0.3) is 0 Å². The molecule has 1 aliphatic rings. The van der Waals surface area contributed by atoms with E-state index in [1.807, 2.05) is 4.90 Å². The van der Waals surface area contributed by atoms with E-state index in [4.69, 9.17) is 0 Å². The van der Waals surface area contributed by atoms with Gasteiger partial charge in [0.05, 0.1) is 6.04 Å². The molecule has 0 radical (unpaired) electrons. The van der Waals surface area contributed by atoms with Gasteiger partial charge in [0.2, 0.25) is 0 Å². The first kappa shape index (κ1) is 12.4. The Bertz CT molecular complexity index is 389. The van der Waals surface area contributed by atoms with Crippen LogP contribution in [0.4, 0.5) is 4.79 Å². The number of carbonyl (C=O) groups is 1. The van der Waals surface area contributed by atoms with Gasteiger partial charge in [-0.05, 0) is 36.8 Å². The normalized spacial score (nSPS) is 18.9. The highest BCUT2D eigenvalue weighted by Gasteiger charge is 2.27. The molecule has 1 unspecified atom stereocenters. The highest BCUT2D eigenvalue weighted by molar-refractivity contribution is 7.10. The lowest BCUT2D eigenvalue weighted by atomic mass is 10.0. The molecule has 0 aliphatic carbocycles. The van der Waals surface area contributed by atoms with E-state index >= 15 is 0 Å². The Hall–Kier alpha value is -1.03. The van der Waals surface area contributed by atoms with E-state index in [-0.39, 0.29) is 12.1 Å². The summed E-state index contributed by atoms with van der Waals surface area (Å²) in [6.45, 7) is 5.87. The average Bonchev–Trinajstić information content (AvgIpc) is 2.78. The van der Waals surface area contributed by atoms with E-state index in [1.165, 1.54) is 10.4 Å². The molecule has 0 aromatic carbocycles. The number of thiophene rings is 1. The first-order chi connectivity index (χ1) is 8.24. The molecule has 0 spiro atoms. The lowest BCUT2D eigenvalue weighted by Gasteiger charge is -2.33. The summed E-state index contributed by atoms with van der Waals surface area (Å²) in [5.41, 5.74) is 1.33. The van der Waals surface area contributed by atoms with Crippen LogP contribution in [0.1, 0.15) is 43.2 Å². The van der Waals surface area contributed by atoms with Crippen LogP contribution >= 0.6 is 11.3 Å². The molecule has 2 amide bonds. The predicted octanol–water partition coefficient (Wildman–Crippen LogP) is 3.18. The van der Waals surface area contributed by atoms with Crippen molar-refractivity contribution in [1.29, 1.82) is 0 Å². The zero-order valence-electron chi connectivity index (χ0n) is 10.5. The summed E-state index contributed by atoms with van der Waals surface area (Å²) in [5.74, 6) is 0. The molecule has 0 saturated heterocycles. The topological polar surface area (TPSA) is 32.3 Å². The number of urea groups is 1. The minimum Gasteiger partial charge on any atom is -0.338 e. The van der Waals surface area contributed by atoms with E-state index in [2.05, 4.69) is 30.6 Å². The first-order valence-corrected chi connectivity index (χ1v) is 7.22. The highest BCUT2D eigenvalue weighted by atomic mass is 32.1. The molecule has 94 valence electrons. The third-order valence-electron chi connectivity index (χ3n) is 3.34. The molecule has 4 heteroatoms. The molecule has 2 heterocycles. The van der Waals surface area contributed by atoms with Crippen molar-refractivity contribution in [3.8, 4) is 0 Å². The van der Waals surface area contributed by atoms with Gasteiger partial charge in [-0.15, -0.1) is 11.3 Å². The van der Waals surface area contributed by atoms with Crippen molar-refractivity contribution >= 4 is 17.4 Å². The molecule has 17 heavy (non-hydrogen) atoms. The van der Waals surface area contributed by atoms with E-state index in [9.17, 15) is 4.79 Å². The van der Waals surface area contributed by atoms with Gasteiger partial charge in [0.15, 0.2) is 0 Å². The van der Waals surface area contributed by atoms with Crippen molar-refractivity contribution < 1.29 is 4.79 Å². The van der Waals surface area contributed by atoms with Crippen molar-refractivity contribution in [2.75, 3.05) is 13.1 Å². The zero-order chi connectivity index (χ0) is 12.3. The second-order valence-electron chi connectivity index (χ2n) is 4.50. The van der Waals surface area contributed by atoms with Crippen LogP contribution in [-0.2, 0) is 6.42 Å². The molecule has 1 atom stereocenters. The Morgan fingerprint density at radius 3 is 3.24 bits per heavy atom. The zero-order valence-corrected chi connectivity index (χ0v) is 11.3. The lowest BCUT2D eigenvalue weighted by molar-refractivity contribution is 0.175. The number of hydrogen-bond donors (Lipinski definition) is 1. The van der Waals surface area contributed by atoms with Crippen LogP contribution in [0.2, 0.25) is 0 Å². The highest BCUT2D eigenvalue weighted by Crippen LogP contribution is 2.32. The Morgan fingerprint density at radius 1 is 1.65 bits per heavy atom. The van der Waals surface area contributed by atoms with Gasteiger partial charge in [0, 0.05) is 18.0 Å². The second-order valence-corrected chi connectivity index (χ2v) is 5.50. The summed E-state index contributed by atoms with van der Waals surface area (Å²) >= 11 is 1.81. The van der Waals surface area contributed by atoms with Gasteiger partial charge in [-0.1, -0.05) is 13.3 Å². The number of rotatable bonds is 3. The monoisotopic (exact) mass is 252 g/mol. The Morgan fingerprint density at radius 2 is 2.47 bits per heavy atom. The van der Waals surface area contributed by atoms with Crippen molar-refractivity contribution in [1.82, 2.24) is 10.2 Å². The van der Waals surface area contributed by atoms with Crippen LogP contribution in [0, 0.1) is 0 Å². The summed E-state index contributed by atoms with van der Waals surface area (Å²) in [7, 11) is 0. The second kappa shape index (κ2) is 5.54. The van der Waals surface area contributed by atoms with Gasteiger partial charge >= 0.3 is 6.03 Å². The number of carbonyl (C=O) groups excluding carboxylic acids is 1. The van der Waals surface area contributed by atoms with Gasteiger partial charge in [0.1, 0.15) is 0 Å². The van der Waals surface area contributed by atoms with Crippen molar-refractivity contribution in [2.24, 2.45) is 0 Å². The van der Waals surface area contributed by atoms with Gasteiger partial charge in [-0.3, -0.25) is 0 Å². The first-order valence-electron chi connectivity index (χ1n) is 6.34. The molecule has 3 nitrogen and oxygen atoms in total. The fourth-order valence-electron chi connectivity index (χ4n) is 2.26. The maximum atomic E-state index is 12.0. The summed E-state index contributed by atoms with van der Waals surface area (Å²) < 4.78 is 0. The fourth-order valence-corrected chi connectivity index (χ4v) is 3.22. The summed E-state index contributed by atoms with van der Waals surface area (Å²) in [6.07, 6.45) is 3.17. The molecule has 1 aromatic heterocycles. The quantitative estimate of drug-likeness (QED) is 0.823. The molecule has 0 fully saturated rings. The number of fused-ring (bicyclic) bond motifs is 1. The van der Waals surface area contributed by atoms with Crippen molar-refractivity contribution in [3.63, 3.8) is 0 Å². The van der Waals surface area contributed by atoms with Crippen LogP contribution in [0.3, 0.4) is 0 Å². The minimum atomic E-state index is 0.0859. The Labute approximate surface area is 107 Å². The summed E-state index contributed by atoms with van der Waals surface area (Å²) in [6, 6.07) is 2.45. The lowest BCUT2D eigenvalue weighted by Crippen LogP contribution is -2.44. The minimum absolute atomic E-state index is 0.0859. The molecule has 1 N–H and O–H groups in total. The largest absolute Gasteiger partial charge is 0.338 e. The van der Waals surface area contributed by atoms with Crippen LogP contribution in [-0.4, -0.2) is 24.0 Å².